The summed E-state index contributed by atoms with van der Waals surface area (Å²) >= 11 is 0. The fourth-order valence-corrected chi connectivity index (χ4v) is 4.86. The molecule has 2 aromatic carbocycles. The number of hydrogen-bond acceptors (Lipinski definition) is 5. The fourth-order valence-electron chi connectivity index (χ4n) is 3.60. The molecule has 0 atom stereocenters. The smallest absolute Gasteiger partial charge is 0.321 e. The minimum Gasteiger partial charge on any atom is -0.495 e. The number of carbonyl (C=O) groups excluding carboxylic acids is 2. The number of carbonyl (C=O) groups is 2. The van der Waals surface area contributed by atoms with E-state index < -0.39 is 9.84 Å². The standard InChI is InChI=1S/C23H29N3O5S/c1-31-21-10-6-5-9-20(21)25-23(28)26-14-11-18(12-15-26)17-24-22(27)13-16-32(29,30)19-7-3-2-4-8-19/h2-10,18H,11-17H2,1H3,(H,24,27)(H,25,28). The molecule has 3 amide bonds. The summed E-state index contributed by atoms with van der Waals surface area (Å²) in [6.07, 6.45) is 1.46. The molecule has 1 aliphatic rings. The van der Waals surface area contributed by atoms with Gasteiger partial charge in [-0.15, -0.1) is 0 Å². The molecule has 0 saturated carbocycles. The Kier molecular flexibility index (Phi) is 8.10. The third-order valence-corrected chi connectivity index (χ3v) is 7.27. The van der Waals surface area contributed by atoms with E-state index in [0.717, 1.165) is 12.8 Å². The predicted octanol–water partition coefficient (Wildman–Crippen LogP) is 2.92. The van der Waals surface area contributed by atoms with Crippen molar-refractivity contribution in [2.24, 2.45) is 5.92 Å². The third-order valence-electron chi connectivity index (χ3n) is 5.54. The maximum atomic E-state index is 12.5. The highest BCUT2D eigenvalue weighted by molar-refractivity contribution is 7.91. The summed E-state index contributed by atoms with van der Waals surface area (Å²) in [4.78, 5) is 26.7. The summed E-state index contributed by atoms with van der Waals surface area (Å²) in [5.74, 6) is 0.360. The largest absolute Gasteiger partial charge is 0.495 e. The van der Waals surface area contributed by atoms with Crippen LogP contribution in [-0.4, -0.2) is 57.8 Å². The maximum absolute atomic E-state index is 12.5. The van der Waals surface area contributed by atoms with Crippen LogP contribution < -0.4 is 15.4 Å². The van der Waals surface area contributed by atoms with Crippen LogP contribution >= 0.6 is 0 Å². The number of methoxy groups -OCH3 is 1. The van der Waals surface area contributed by atoms with E-state index in [4.69, 9.17) is 4.74 Å². The van der Waals surface area contributed by atoms with Crippen molar-refractivity contribution in [2.45, 2.75) is 24.2 Å². The Morgan fingerprint density at radius 3 is 2.38 bits per heavy atom. The molecular weight excluding hydrogens is 430 g/mol. The number of hydrogen-bond donors (Lipinski definition) is 2. The Balaban J connectivity index is 1.38. The minimum atomic E-state index is -3.47. The van der Waals surface area contributed by atoms with Gasteiger partial charge in [0.2, 0.25) is 5.91 Å². The van der Waals surface area contributed by atoms with Crippen LogP contribution in [0.1, 0.15) is 19.3 Å². The van der Waals surface area contributed by atoms with Gasteiger partial charge in [-0.05, 0) is 43.0 Å². The summed E-state index contributed by atoms with van der Waals surface area (Å²) in [5.41, 5.74) is 0.625. The van der Waals surface area contributed by atoms with Crippen LogP contribution in [0.4, 0.5) is 10.5 Å². The van der Waals surface area contributed by atoms with Crippen molar-refractivity contribution in [3.63, 3.8) is 0 Å². The number of benzene rings is 2. The van der Waals surface area contributed by atoms with Gasteiger partial charge in [0.1, 0.15) is 5.75 Å². The molecule has 9 heteroatoms. The van der Waals surface area contributed by atoms with Crippen molar-refractivity contribution >= 4 is 27.5 Å². The number of nitrogens with zero attached hydrogens (tertiary/aromatic N) is 1. The first-order valence-corrected chi connectivity index (χ1v) is 12.3. The molecule has 0 radical (unpaired) electrons. The number of urea groups is 1. The third kappa shape index (κ3) is 6.46. The number of ether oxygens (including phenoxy) is 1. The number of amides is 3. The van der Waals surface area contributed by atoms with Gasteiger partial charge in [-0.3, -0.25) is 4.79 Å². The molecule has 1 fully saturated rings. The molecule has 172 valence electrons. The first kappa shape index (κ1) is 23.6. The van der Waals surface area contributed by atoms with Crippen LogP contribution in [0.15, 0.2) is 59.5 Å². The molecule has 0 aliphatic carbocycles. The molecule has 0 aromatic heterocycles. The molecule has 0 unspecified atom stereocenters. The van der Waals surface area contributed by atoms with Crippen LogP contribution in [0.3, 0.4) is 0 Å². The quantitative estimate of drug-likeness (QED) is 0.632. The van der Waals surface area contributed by atoms with Crippen LogP contribution in [0.2, 0.25) is 0 Å². The van der Waals surface area contributed by atoms with Gasteiger partial charge in [0.15, 0.2) is 9.84 Å². The normalized spacial score (nSPS) is 14.6. The van der Waals surface area contributed by atoms with Gasteiger partial charge in [0.05, 0.1) is 23.4 Å². The molecular formula is C23H29N3O5S. The lowest BCUT2D eigenvalue weighted by Gasteiger charge is -2.32. The molecule has 3 rings (SSSR count). The van der Waals surface area contributed by atoms with Crippen molar-refractivity contribution in [3.05, 3.63) is 54.6 Å². The van der Waals surface area contributed by atoms with Gasteiger partial charge in [-0.25, -0.2) is 13.2 Å². The summed E-state index contributed by atoms with van der Waals surface area (Å²) in [7, 11) is -1.91. The highest BCUT2D eigenvalue weighted by atomic mass is 32.2. The Hall–Kier alpha value is -3.07. The van der Waals surface area contributed by atoms with E-state index in [1.54, 1.807) is 42.3 Å². The second kappa shape index (κ2) is 11.0. The summed E-state index contributed by atoms with van der Waals surface area (Å²) < 4.78 is 29.8. The number of piperidine rings is 1. The molecule has 0 bridgehead atoms. The highest BCUT2D eigenvalue weighted by Crippen LogP contribution is 2.24. The first-order valence-electron chi connectivity index (χ1n) is 10.6. The zero-order chi connectivity index (χ0) is 23.0. The lowest BCUT2D eigenvalue weighted by atomic mass is 9.97. The zero-order valence-electron chi connectivity index (χ0n) is 18.1. The number of rotatable bonds is 8. The Morgan fingerprint density at radius 1 is 1.03 bits per heavy atom. The Labute approximate surface area is 188 Å². The number of likely N-dealkylation sites (tertiary alicyclic amines) is 1. The zero-order valence-corrected chi connectivity index (χ0v) is 18.9. The van der Waals surface area contributed by atoms with E-state index in [0.29, 0.717) is 31.1 Å². The Bertz CT molecular complexity index is 1020. The topological polar surface area (TPSA) is 105 Å². The number of nitrogens with one attached hydrogen (secondary N) is 2. The minimum absolute atomic E-state index is 0.0720. The monoisotopic (exact) mass is 459 g/mol. The van der Waals surface area contributed by atoms with E-state index in [9.17, 15) is 18.0 Å². The van der Waals surface area contributed by atoms with Gasteiger partial charge in [-0.2, -0.15) is 0 Å². The Morgan fingerprint density at radius 2 is 1.69 bits per heavy atom. The van der Waals surface area contributed by atoms with E-state index in [1.165, 1.54) is 12.1 Å². The van der Waals surface area contributed by atoms with Crippen LogP contribution in [0.25, 0.3) is 0 Å². The van der Waals surface area contributed by atoms with E-state index in [1.807, 2.05) is 12.1 Å². The number of sulfone groups is 1. The number of para-hydroxylation sites is 2. The molecule has 1 aliphatic heterocycles. The SMILES string of the molecule is COc1ccccc1NC(=O)N1CCC(CNC(=O)CCS(=O)(=O)c2ccccc2)CC1. The van der Waals surface area contributed by atoms with Crippen molar-refractivity contribution < 1.29 is 22.7 Å². The van der Waals surface area contributed by atoms with E-state index in [-0.39, 0.29) is 34.9 Å². The molecule has 2 N–H and O–H groups in total. The fraction of sp³-hybridized carbons (Fsp3) is 0.391. The van der Waals surface area contributed by atoms with Gasteiger partial charge in [0.25, 0.3) is 0 Å². The van der Waals surface area contributed by atoms with Gasteiger partial charge >= 0.3 is 6.03 Å². The summed E-state index contributed by atoms with van der Waals surface area (Å²) in [6, 6.07) is 15.2. The summed E-state index contributed by atoms with van der Waals surface area (Å²) in [6.45, 7) is 1.65. The van der Waals surface area contributed by atoms with E-state index >= 15 is 0 Å². The summed E-state index contributed by atoms with van der Waals surface area (Å²) in [5, 5.41) is 5.71. The average molecular weight is 460 g/mol. The second-order valence-corrected chi connectivity index (χ2v) is 9.86. The molecule has 1 heterocycles. The second-order valence-electron chi connectivity index (χ2n) is 7.75. The van der Waals surface area contributed by atoms with Crippen molar-refractivity contribution in [1.82, 2.24) is 10.2 Å². The lowest BCUT2D eigenvalue weighted by molar-refractivity contribution is -0.120. The van der Waals surface area contributed by atoms with Crippen LogP contribution in [-0.2, 0) is 14.6 Å². The van der Waals surface area contributed by atoms with Crippen molar-refractivity contribution in [3.8, 4) is 5.75 Å². The maximum Gasteiger partial charge on any atom is 0.321 e. The lowest BCUT2D eigenvalue weighted by Crippen LogP contribution is -2.43. The van der Waals surface area contributed by atoms with Crippen LogP contribution in [0, 0.1) is 5.92 Å². The van der Waals surface area contributed by atoms with Gasteiger partial charge in [-0.1, -0.05) is 30.3 Å². The number of anilines is 1. The molecule has 8 nitrogen and oxygen atoms in total. The predicted molar refractivity (Wildman–Crippen MR) is 122 cm³/mol. The average Bonchev–Trinajstić information content (AvgIpc) is 2.82. The van der Waals surface area contributed by atoms with Gasteiger partial charge in [0, 0.05) is 26.1 Å². The molecule has 2 aromatic rings. The highest BCUT2D eigenvalue weighted by Gasteiger charge is 2.24. The molecule has 0 spiro atoms. The van der Waals surface area contributed by atoms with Crippen molar-refractivity contribution in [2.75, 3.05) is 37.8 Å². The van der Waals surface area contributed by atoms with Gasteiger partial charge < -0.3 is 20.3 Å². The molecule has 1 saturated heterocycles. The van der Waals surface area contributed by atoms with Crippen molar-refractivity contribution in [1.29, 1.82) is 0 Å². The van der Waals surface area contributed by atoms with Crippen LogP contribution in [0.5, 0.6) is 5.75 Å². The molecule has 32 heavy (non-hydrogen) atoms. The first-order chi connectivity index (χ1) is 15.4. The van der Waals surface area contributed by atoms with E-state index in [2.05, 4.69) is 10.6 Å².